The van der Waals surface area contributed by atoms with Gasteiger partial charge in [-0.1, -0.05) is 173 Å². The monoisotopic (exact) mass is 2280 g/mol. The average Bonchev–Trinajstić information content (AvgIpc) is 1.47. The van der Waals surface area contributed by atoms with E-state index < -0.39 is 0 Å². The van der Waals surface area contributed by atoms with Crippen molar-refractivity contribution in [1.82, 2.24) is 37.5 Å². The largest absolute Gasteiger partial charge is 0.372 e. The zero-order valence-electron chi connectivity index (χ0n) is 70.5. The number of pyridine rings is 4. The second-order valence-corrected chi connectivity index (χ2v) is 34.5. The van der Waals surface area contributed by atoms with Gasteiger partial charge in [-0.05, 0) is 223 Å². The number of rotatable bonds is 7. The molecule has 13 heteroatoms. The number of benzene rings is 12. The summed E-state index contributed by atoms with van der Waals surface area (Å²) in [5, 5.41) is 14.3. The summed E-state index contributed by atoms with van der Waals surface area (Å²) in [7, 11) is 0. The Bertz CT molecular complexity index is 7300. The number of fused-ring (bicyclic) bond motifs is 27. The minimum atomic E-state index is 0. The Morgan fingerprint density at radius 2 is 0.758 bits per heavy atom. The second kappa shape index (κ2) is 34.2. The Labute approximate surface area is 757 Å². The van der Waals surface area contributed by atoms with Crippen LogP contribution in [0.3, 0.4) is 0 Å². The van der Waals surface area contributed by atoms with E-state index in [0.29, 0.717) is 23.2 Å². The summed E-state index contributed by atoms with van der Waals surface area (Å²) in [4.78, 5) is 22.2. The first-order valence-corrected chi connectivity index (χ1v) is 41.6. The SMILES string of the molecule is Cc1ccc2c(c1)c1ccc[c-]c1c1ncc(-c3c(C(C)C)cc(C(C)C)cc3C(C)C)n21.Cc1ccc2nc3c4[c-]cccc4c4ccccc4n3c2c1.Cc1cccc(C)c1-c1cnc2c3[c-]cccc3c3cc(N4CCCCC4)ccc3n12.Cc1cccc(C)c1-c1cnc2c3[c-]cccc3c3cc4c(cc3n12)CC(C)(C)C4.[Ir].[Ir].[Ir].[Ir]. The van der Waals surface area contributed by atoms with Crippen LogP contribution in [-0.4, -0.2) is 50.6 Å². The number of anilines is 1. The van der Waals surface area contributed by atoms with Crippen molar-refractivity contribution >= 4 is 126 Å². The van der Waals surface area contributed by atoms with Crippen LogP contribution in [0, 0.1) is 71.2 Å². The molecule has 0 amide bonds. The molecule has 1 aliphatic heterocycles. The van der Waals surface area contributed by atoms with Crippen LogP contribution < -0.4 is 4.90 Å². The zero-order chi connectivity index (χ0) is 79.7. The Morgan fingerprint density at radius 3 is 1.27 bits per heavy atom. The fourth-order valence-electron chi connectivity index (χ4n) is 19.3. The second-order valence-electron chi connectivity index (χ2n) is 34.5. The number of imidazole rings is 4. The van der Waals surface area contributed by atoms with Crippen LogP contribution in [0.1, 0.15) is 154 Å². The third-order valence-corrected chi connectivity index (χ3v) is 24.8. The first-order valence-electron chi connectivity index (χ1n) is 41.6. The molecule has 4 radical (unpaired) electrons. The zero-order valence-corrected chi connectivity index (χ0v) is 80.1. The van der Waals surface area contributed by atoms with Crippen molar-refractivity contribution in [3.8, 4) is 33.8 Å². The summed E-state index contributed by atoms with van der Waals surface area (Å²) in [6, 6.07) is 90.2. The van der Waals surface area contributed by atoms with Crippen molar-refractivity contribution in [2.45, 2.75) is 147 Å². The summed E-state index contributed by atoms with van der Waals surface area (Å²) in [5.41, 5.74) is 34.8. The number of hydrogen-bond acceptors (Lipinski definition) is 5. The third-order valence-electron chi connectivity index (χ3n) is 24.8. The molecule has 22 rings (SSSR count). The maximum absolute atomic E-state index is 4.99. The number of hydrogen-bond donors (Lipinski definition) is 0. The number of aryl methyl sites for hydroxylation is 6. The molecule has 1 fully saturated rings. The molecule has 610 valence electrons. The van der Waals surface area contributed by atoms with E-state index in [1.807, 2.05) is 42.7 Å². The standard InChI is InChI=1S/C31H33N2.C28H26N3.C28H25N2.C20H13N2.4Ir/c1-18(2)22-15-25(19(3)4)30(26(16-22)20(5)6)29-17-32-31-24-11-9-8-10-23(24)27-14-21(7)12-13-28(27)33(29)31;1-19-9-8-10-20(2)27(19)26-18-29-28-23-12-5-4-11-22(23)24-17-21(13-14-25(24)31(26)28)30-15-6-3-7-16-30;1-17-8-7-9-18(2)26(17)25-16-29-27-22-11-6-5-10-21(22)23-12-19-14-28(3,4)15-20(19)13-24(23)30(25)27;1-13-10-11-17-19(12-13)22-18-9-5-4-7-15(18)14-6-2-3-8-16(14)20(22)21-17;;;;/h8-10,12-20H,1-7H3;4-5,8-11,13-14,17-18H,3,6-7,15-16H2,1-2H3;5-10,12-13,16H,14-15H2,1-4H3;2-7,9-12H,1H3;;;;/q4*-1;;;;. The maximum Gasteiger partial charge on any atom is 0.0774 e. The molecule has 2 aliphatic rings. The van der Waals surface area contributed by atoms with Gasteiger partial charge in [-0.25, -0.2) is 0 Å². The molecule has 0 spiro atoms. The van der Waals surface area contributed by atoms with Crippen molar-refractivity contribution in [2.24, 2.45) is 5.41 Å². The molecule has 20 aromatic rings. The van der Waals surface area contributed by atoms with Crippen LogP contribution >= 0.6 is 0 Å². The Kier molecular flexibility index (Phi) is 24.3. The minimum absolute atomic E-state index is 0. The van der Waals surface area contributed by atoms with Crippen LogP contribution in [-0.2, 0) is 93.3 Å². The fraction of sp³-hybridized carbons (Fsp3) is 0.234. The van der Waals surface area contributed by atoms with Crippen LogP contribution in [0.25, 0.3) is 154 Å². The van der Waals surface area contributed by atoms with Gasteiger partial charge in [0.2, 0.25) is 0 Å². The molecule has 0 atom stereocenters. The summed E-state index contributed by atoms with van der Waals surface area (Å²) < 4.78 is 9.34. The summed E-state index contributed by atoms with van der Waals surface area (Å²) >= 11 is 0. The third kappa shape index (κ3) is 14.8. The summed E-state index contributed by atoms with van der Waals surface area (Å²) in [5.74, 6) is 1.34. The quantitative estimate of drug-likeness (QED) is 0.117. The first-order chi connectivity index (χ1) is 56.2. The molecule has 12 aromatic carbocycles. The molecule has 9 heterocycles. The Balaban J connectivity index is 0.000000124. The molecule has 0 unspecified atom stereocenters. The molecular weight excluding hydrogens is 2180 g/mol. The van der Waals surface area contributed by atoms with Crippen LogP contribution in [0.2, 0.25) is 0 Å². The topological polar surface area (TPSA) is 72.4 Å². The summed E-state index contributed by atoms with van der Waals surface area (Å²) in [6.45, 7) is 33.9. The van der Waals surface area contributed by atoms with E-state index in [1.54, 1.807) is 0 Å². The minimum Gasteiger partial charge on any atom is -0.372 e. The molecule has 120 heavy (non-hydrogen) atoms. The average molecular weight is 2280 g/mol. The number of nitrogens with zero attached hydrogens (tertiary/aromatic N) is 9. The van der Waals surface area contributed by atoms with Gasteiger partial charge in [-0.3, -0.25) is 19.9 Å². The van der Waals surface area contributed by atoms with Gasteiger partial charge < -0.3 is 22.5 Å². The van der Waals surface area contributed by atoms with Crippen molar-refractivity contribution in [1.29, 1.82) is 0 Å². The predicted octanol–water partition coefficient (Wildman–Crippen LogP) is 27.2. The van der Waals surface area contributed by atoms with Crippen LogP contribution in [0.4, 0.5) is 5.69 Å². The van der Waals surface area contributed by atoms with E-state index in [-0.39, 0.29) is 80.4 Å². The van der Waals surface area contributed by atoms with Gasteiger partial charge in [0.15, 0.2) is 0 Å². The smallest absolute Gasteiger partial charge is 0.0774 e. The van der Waals surface area contributed by atoms with Crippen molar-refractivity contribution < 1.29 is 80.4 Å². The van der Waals surface area contributed by atoms with Crippen LogP contribution in [0.5, 0.6) is 0 Å². The molecule has 9 nitrogen and oxygen atoms in total. The molecule has 0 N–H and O–H groups in total. The van der Waals surface area contributed by atoms with E-state index >= 15 is 0 Å². The Morgan fingerprint density at radius 1 is 0.342 bits per heavy atom. The summed E-state index contributed by atoms with van der Waals surface area (Å²) in [6.07, 6.45) is 12.3. The van der Waals surface area contributed by atoms with Crippen molar-refractivity contribution in [2.75, 3.05) is 18.0 Å². The number of para-hydroxylation sites is 1. The fourth-order valence-corrected chi connectivity index (χ4v) is 19.3. The van der Waals surface area contributed by atoms with Gasteiger partial charge in [0.1, 0.15) is 0 Å². The normalized spacial score (nSPS) is 13.2. The molecule has 1 aliphatic carbocycles. The van der Waals surface area contributed by atoms with Gasteiger partial charge in [0, 0.05) is 157 Å². The van der Waals surface area contributed by atoms with Gasteiger partial charge in [-0.15, -0.1) is 119 Å². The van der Waals surface area contributed by atoms with E-state index in [4.69, 9.17) is 19.9 Å². The molecular formula is C107H97Ir4N9-4. The van der Waals surface area contributed by atoms with E-state index in [9.17, 15) is 0 Å². The number of aromatic nitrogens is 8. The van der Waals surface area contributed by atoms with E-state index in [2.05, 4.69) is 332 Å². The maximum atomic E-state index is 4.99. The first kappa shape index (κ1) is 85.1. The van der Waals surface area contributed by atoms with E-state index in [0.717, 1.165) is 86.8 Å². The predicted molar refractivity (Wildman–Crippen MR) is 488 cm³/mol. The molecule has 1 saturated heterocycles. The molecule has 0 saturated carbocycles. The Hall–Kier alpha value is -9.86. The molecule has 8 aromatic heterocycles. The van der Waals surface area contributed by atoms with Gasteiger partial charge in [0.05, 0.1) is 50.7 Å². The van der Waals surface area contributed by atoms with Crippen molar-refractivity contribution in [3.63, 3.8) is 0 Å². The molecule has 0 bridgehead atoms. The van der Waals surface area contributed by atoms with Gasteiger partial charge in [0.25, 0.3) is 0 Å². The van der Waals surface area contributed by atoms with Crippen LogP contribution in [0.15, 0.2) is 231 Å². The van der Waals surface area contributed by atoms with Gasteiger partial charge >= 0.3 is 0 Å². The van der Waals surface area contributed by atoms with Gasteiger partial charge in [-0.2, -0.15) is 0 Å². The van der Waals surface area contributed by atoms with E-state index in [1.165, 1.54) is 179 Å². The van der Waals surface area contributed by atoms with Crippen molar-refractivity contribution in [3.05, 3.63) is 316 Å². The number of piperidine rings is 1.